The van der Waals surface area contributed by atoms with Crippen molar-refractivity contribution in [2.45, 2.75) is 6.92 Å². The quantitative estimate of drug-likeness (QED) is 0.453. The van der Waals surface area contributed by atoms with Crippen LogP contribution in [0.5, 0.6) is 0 Å². The number of halogens is 2. The number of para-hydroxylation sites is 2. The summed E-state index contributed by atoms with van der Waals surface area (Å²) in [5, 5.41) is 0.447. The summed E-state index contributed by atoms with van der Waals surface area (Å²) in [7, 11) is 0. The van der Waals surface area contributed by atoms with Gasteiger partial charge in [-0.25, -0.2) is 9.37 Å². The summed E-state index contributed by atoms with van der Waals surface area (Å²) in [6, 6.07) is 18.7. The van der Waals surface area contributed by atoms with Crippen LogP contribution in [0.2, 0.25) is 5.02 Å². The molecular weight excluding hydrogens is 323 g/mol. The molecule has 0 amide bonds. The average Bonchev–Trinajstić information content (AvgIpc) is 3.03. The Hall–Kier alpha value is -2.65. The molecule has 1 heterocycles. The van der Waals surface area contributed by atoms with Gasteiger partial charge in [-0.05, 0) is 48.4 Å². The van der Waals surface area contributed by atoms with Gasteiger partial charge in [-0.2, -0.15) is 0 Å². The standard InChI is InChI=1S/C20H14ClFN2/c1-13-9-10-16(22)19(20(13)21)14-5-4-6-15(11-14)24-12-23-17-7-2-3-8-18(17)24/h2-12H,1H3. The van der Waals surface area contributed by atoms with Gasteiger partial charge in [0.25, 0.3) is 0 Å². The number of rotatable bonds is 2. The molecular formula is C20H14ClFN2. The molecule has 0 radical (unpaired) electrons. The monoisotopic (exact) mass is 336 g/mol. The zero-order valence-electron chi connectivity index (χ0n) is 13.0. The molecule has 4 aromatic rings. The smallest absolute Gasteiger partial charge is 0.132 e. The van der Waals surface area contributed by atoms with Gasteiger partial charge in [0.15, 0.2) is 0 Å². The maximum atomic E-state index is 14.3. The highest BCUT2D eigenvalue weighted by atomic mass is 35.5. The third kappa shape index (κ3) is 2.38. The molecule has 0 saturated heterocycles. The number of fused-ring (bicyclic) bond motifs is 1. The van der Waals surface area contributed by atoms with Crippen LogP contribution in [0.1, 0.15) is 5.56 Å². The lowest BCUT2D eigenvalue weighted by Gasteiger charge is -2.11. The molecule has 0 spiro atoms. The average molecular weight is 337 g/mol. The Balaban J connectivity index is 1.91. The maximum Gasteiger partial charge on any atom is 0.132 e. The molecule has 0 atom stereocenters. The van der Waals surface area contributed by atoms with Crippen LogP contribution in [-0.2, 0) is 0 Å². The largest absolute Gasteiger partial charge is 0.299 e. The highest BCUT2D eigenvalue weighted by Gasteiger charge is 2.13. The molecule has 0 fully saturated rings. The Morgan fingerprint density at radius 1 is 1.00 bits per heavy atom. The lowest BCUT2D eigenvalue weighted by atomic mass is 10.0. The van der Waals surface area contributed by atoms with Crippen molar-refractivity contribution in [3.63, 3.8) is 0 Å². The van der Waals surface area contributed by atoms with Crippen LogP contribution in [0.3, 0.4) is 0 Å². The van der Waals surface area contributed by atoms with Crippen LogP contribution in [0.4, 0.5) is 4.39 Å². The molecule has 0 bridgehead atoms. The van der Waals surface area contributed by atoms with E-state index in [1.807, 2.05) is 60.0 Å². The fourth-order valence-electron chi connectivity index (χ4n) is 2.90. The van der Waals surface area contributed by atoms with Gasteiger partial charge in [-0.15, -0.1) is 0 Å². The molecule has 0 N–H and O–H groups in total. The third-order valence-corrected chi connectivity index (χ3v) is 4.64. The van der Waals surface area contributed by atoms with E-state index in [0.717, 1.165) is 27.8 Å². The van der Waals surface area contributed by atoms with Crippen molar-refractivity contribution in [2.24, 2.45) is 0 Å². The first-order chi connectivity index (χ1) is 11.6. The van der Waals surface area contributed by atoms with Crippen molar-refractivity contribution < 1.29 is 4.39 Å². The molecule has 4 rings (SSSR count). The van der Waals surface area contributed by atoms with Crippen LogP contribution in [0, 0.1) is 12.7 Å². The number of hydrogen-bond donors (Lipinski definition) is 0. The maximum absolute atomic E-state index is 14.3. The minimum absolute atomic E-state index is 0.321. The van der Waals surface area contributed by atoms with E-state index in [1.165, 1.54) is 6.07 Å². The van der Waals surface area contributed by atoms with Gasteiger partial charge >= 0.3 is 0 Å². The molecule has 4 heteroatoms. The van der Waals surface area contributed by atoms with Gasteiger partial charge in [-0.3, -0.25) is 4.57 Å². The SMILES string of the molecule is Cc1ccc(F)c(-c2cccc(-n3cnc4ccccc43)c2)c1Cl. The molecule has 24 heavy (non-hydrogen) atoms. The Morgan fingerprint density at radius 2 is 1.83 bits per heavy atom. The lowest BCUT2D eigenvalue weighted by molar-refractivity contribution is 0.631. The minimum Gasteiger partial charge on any atom is -0.299 e. The molecule has 0 aliphatic carbocycles. The summed E-state index contributed by atoms with van der Waals surface area (Å²) >= 11 is 6.35. The van der Waals surface area contributed by atoms with E-state index in [1.54, 1.807) is 12.4 Å². The van der Waals surface area contributed by atoms with E-state index in [-0.39, 0.29) is 5.82 Å². The van der Waals surface area contributed by atoms with E-state index < -0.39 is 0 Å². The van der Waals surface area contributed by atoms with E-state index in [4.69, 9.17) is 11.6 Å². The van der Waals surface area contributed by atoms with Crippen LogP contribution in [0.25, 0.3) is 27.8 Å². The van der Waals surface area contributed by atoms with Gasteiger partial charge < -0.3 is 0 Å². The predicted octanol–water partition coefficient (Wildman–Crippen LogP) is 5.79. The zero-order chi connectivity index (χ0) is 16.7. The van der Waals surface area contributed by atoms with Crippen molar-refractivity contribution in [2.75, 3.05) is 0 Å². The van der Waals surface area contributed by atoms with Gasteiger partial charge in [0, 0.05) is 11.3 Å². The van der Waals surface area contributed by atoms with Crippen LogP contribution < -0.4 is 0 Å². The van der Waals surface area contributed by atoms with Crippen LogP contribution >= 0.6 is 11.6 Å². The van der Waals surface area contributed by atoms with Gasteiger partial charge in [0.1, 0.15) is 12.1 Å². The molecule has 1 aromatic heterocycles. The summed E-state index contributed by atoms with van der Waals surface area (Å²) in [4.78, 5) is 4.41. The molecule has 0 aliphatic rings. The second-order valence-corrected chi connectivity index (χ2v) is 6.08. The fraction of sp³-hybridized carbons (Fsp3) is 0.0500. The first kappa shape index (κ1) is 14.9. The van der Waals surface area contributed by atoms with Crippen LogP contribution in [-0.4, -0.2) is 9.55 Å². The van der Waals surface area contributed by atoms with Crippen molar-refractivity contribution >= 4 is 22.6 Å². The van der Waals surface area contributed by atoms with Crippen molar-refractivity contribution in [1.29, 1.82) is 0 Å². The summed E-state index contributed by atoms with van der Waals surface area (Å²) in [6.45, 7) is 1.87. The minimum atomic E-state index is -0.321. The Kier molecular flexibility index (Phi) is 3.58. The molecule has 3 aromatic carbocycles. The number of benzene rings is 3. The number of imidazole rings is 1. The normalized spacial score (nSPS) is 11.1. The lowest BCUT2D eigenvalue weighted by Crippen LogP contribution is -1.94. The van der Waals surface area contributed by atoms with Crippen molar-refractivity contribution in [3.8, 4) is 16.8 Å². The van der Waals surface area contributed by atoms with E-state index >= 15 is 0 Å². The predicted molar refractivity (Wildman–Crippen MR) is 96.2 cm³/mol. The summed E-state index contributed by atoms with van der Waals surface area (Å²) in [6.07, 6.45) is 1.78. The highest BCUT2D eigenvalue weighted by molar-refractivity contribution is 6.34. The molecule has 0 unspecified atom stereocenters. The number of aryl methyl sites for hydroxylation is 1. The third-order valence-electron chi connectivity index (χ3n) is 4.15. The van der Waals surface area contributed by atoms with E-state index in [2.05, 4.69) is 4.98 Å². The first-order valence-electron chi connectivity index (χ1n) is 7.62. The molecule has 2 nitrogen and oxygen atoms in total. The Bertz CT molecular complexity index is 1050. The summed E-state index contributed by atoms with van der Waals surface area (Å²) in [5.74, 6) is -0.321. The van der Waals surface area contributed by atoms with Crippen molar-refractivity contribution in [3.05, 3.63) is 83.4 Å². The zero-order valence-corrected chi connectivity index (χ0v) is 13.8. The van der Waals surface area contributed by atoms with E-state index in [9.17, 15) is 4.39 Å². The number of aromatic nitrogens is 2. The van der Waals surface area contributed by atoms with Gasteiger partial charge in [0.2, 0.25) is 0 Å². The second kappa shape index (κ2) is 5.77. The Morgan fingerprint density at radius 3 is 2.71 bits per heavy atom. The molecule has 118 valence electrons. The number of hydrogen-bond acceptors (Lipinski definition) is 1. The topological polar surface area (TPSA) is 17.8 Å². The van der Waals surface area contributed by atoms with Crippen LogP contribution in [0.15, 0.2) is 67.0 Å². The van der Waals surface area contributed by atoms with E-state index in [0.29, 0.717) is 10.6 Å². The first-order valence-corrected chi connectivity index (χ1v) is 8.00. The molecule has 0 saturated carbocycles. The Labute approximate surface area is 144 Å². The van der Waals surface area contributed by atoms with Gasteiger partial charge in [-0.1, -0.05) is 41.9 Å². The van der Waals surface area contributed by atoms with Gasteiger partial charge in [0.05, 0.1) is 16.1 Å². The summed E-state index contributed by atoms with van der Waals surface area (Å²) < 4.78 is 16.3. The highest BCUT2D eigenvalue weighted by Crippen LogP contribution is 2.34. The summed E-state index contributed by atoms with van der Waals surface area (Å²) in [5.41, 5.74) is 4.87. The second-order valence-electron chi connectivity index (χ2n) is 5.71. The fourth-order valence-corrected chi connectivity index (χ4v) is 3.16. The number of nitrogens with zero attached hydrogens (tertiary/aromatic N) is 2. The van der Waals surface area contributed by atoms with Crippen molar-refractivity contribution in [1.82, 2.24) is 9.55 Å². The molecule has 0 aliphatic heterocycles.